The van der Waals surface area contributed by atoms with Gasteiger partial charge in [0, 0.05) is 30.8 Å². The summed E-state index contributed by atoms with van der Waals surface area (Å²) in [5.41, 5.74) is 0. The van der Waals surface area contributed by atoms with Crippen LogP contribution < -0.4 is 10.6 Å². The second kappa shape index (κ2) is 7.76. The van der Waals surface area contributed by atoms with Gasteiger partial charge in [0.15, 0.2) is 5.82 Å². The monoisotopic (exact) mass is 293 g/mol. The summed E-state index contributed by atoms with van der Waals surface area (Å²) in [6.45, 7) is 6.53. The van der Waals surface area contributed by atoms with Crippen LogP contribution >= 0.6 is 11.3 Å². The van der Waals surface area contributed by atoms with Gasteiger partial charge in [0.05, 0.1) is 6.54 Å². The molecule has 6 nitrogen and oxygen atoms in total. The van der Waals surface area contributed by atoms with Crippen molar-refractivity contribution < 1.29 is 4.74 Å². The van der Waals surface area contributed by atoms with Gasteiger partial charge in [0.2, 0.25) is 0 Å². The fraction of sp³-hybridized carbons (Fsp3) is 0.462. The first kappa shape index (κ1) is 14.7. The van der Waals surface area contributed by atoms with Crippen LogP contribution in [-0.4, -0.2) is 28.1 Å². The molecule has 0 amide bonds. The van der Waals surface area contributed by atoms with Crippen LogP contribution in [0.2, 0.25) is 0 Å². The summed E-state index contributed by atoms with van der Waals surface area (Å²) in [4.78, 5) is 13.1. The standard InChI is InChI=1S/C13H19N5OS/c1-3-14-10-7-11(16-8-13-15-5-6-20-13)18-12(17-10)9-19-4-2/h5-7H,3-4,8-9H2,1-2H3,(H2,14,16,17,18). The Bertz CT molecular complexity index is 517. The van der Waals surface area contributed by atoms with Crippen molar-refractivity contribution in [2.45, 2.75) is 27.0 Å². The Morgan fingerprint density at radius 3 is 2.65 bits per heavy atom. The number of aromatic nitrogens is 3. The maximum Gasteiger partial charge on any atom is 0.158 e. The van der Waals surface area contributed by atoms with Gasteiger partial charge in [-0.05, 0) is 13.8 Å². The Labute approximate surface area is 122 Å². The summed E-state index contributed by atoms with van der Waals surface area (Å²) >= 11 is 1.62. The zero-order valence-electron chi connectivity index (χ0n) is 11.7. The summed E-state index contributed by atoms with van der Waals surface area (Å²) in [5.74, 6) is 2.26. The number of hydrogen-bond acceptors (Lipinski definition) is 7. The minimum Gasteiger partial charge on any atom is -0.374 e. The zero-order chi connectivity index (χ0) is 14.2. The van der Waals surface area contributed by atoms with Gasteiger partial charge >= 0.3 is 0 Å². The molecule has 0 spiro atoms. The molecule has 108 valence electrons. The second-order valence-corrected chi connectivity index (χ2v) is 4.98. The van der Waals surface area contributed by atoms with Crippen molar-refractivity contribution in [2.75, 3.05) is 23.8 Å². The molecule has 0 fully saturated rings. The molecule has 0 radical (unpaired) electrons. The van der Waals surface area contributed by atoms with E-state index in [1.165, 1.54) is 0 Å². The molecule has 0 aliphatic heterocycles. The number of thiazole rings is 1. The molecule has 2 heterocycles. The fourth-order valence-corrected chi connectivity index (χ4v) is 2.18. The lowest BCUT2D eigenvalue weighted by Crippen LogP contribution is -2.09. The maximum atomic E-state index is 5.37. The Morgan fingerprint density at radius 1 is 1.20 bits per heavy atom. The fourth-order valence-electron chi connectivity index (χ4n) is 1.62. The van der Waals surface area contributed by atoms with Gasteiger partial charge in [0.1, 0.15) is 23.3 Å². The third-order valence-corrected chi connectivity index (χ3v) is 3.25. The van der Waals surface area contributed by atoms with E-state index >= 15 is 0 Å². The van der Waals surface area contributed by atoms with Crippen molar-refractivity contribution >= 4 is 23.0 Å². The molecule has 2 aromatic rings. The maximum absolute atomic E-state index is 5.37. The van der Waals surface area contributed by atoms with Crippen molar-refractivity contribution in [1.82, 2.24) is 15.0 Å². The molecule has 20 heavy (non-hydrogen) atoms. The molecular formula is C13H19N5OS. The summed E-state index contributed by atoms with van der Waals surface area (Å²) in [6, 6.07) is 1.90. The second-order valence-electron chi connectivity index (χ2n) is 4.00. The van der Waals surface area contributed by atoms with Crippen LogP contribution in [0.1, 0.15) is 24.7 Å². The molecule has 0 aliphatic carbocycles. The van der Waals surface area contributed by atoms with Crippen molar-refractivity contribution in [1.29, 1.82) is 0 Å². The smallest absolute Gasteiger partial charge is 0.158 e. The van der Waals surface area contributed by atoms with Crippen LogP contribution in [-0.2, 0) is 17.9 Å². The van der Waals surface area contributed by atoms with E-state index in [9.17, 15) is 0 Å². The first-order chi connectivity index (χ1) is 9.81. The number of nitrogens with one attached hydrogen (secondary N) is 2. The van der Waals surface area contributed by atoms with E-state index < -0.39 is 0 Å². The van der Waals surface area contributed by atoms with E-state index in [0.717, 1.165) is 23.2 Å². The van der Waals surface area contributed by atoms with Crippen molar-refractivity contribution in [3.8, 4) is 0 Å². The van der Waals surface area contributed by atoms with Crippen LogP contribution in [0, 0.1) is 0 Å². The Hall–Kier alpha value is -1.73. The van der Waals surface area contributed by atoms with Crippen molar-refractivity contribution in [3.63, 3.8) is 0 Å². The van der Waals surface area contributed by atoms with Gasteiger partial charge in [-0.3, -0.25) is 0 Å². The summed E-state index contributed by atoms with van der Waals surface area (Å²) < 4.78 is 5.37. The first-order valence-corrected chi connectivity index (χ1v) is 7.51. The van der Waals surface area contributed by atoms with Crippen molar-refractivity contribution in [3.05, 3.63) is 28.5 Å². The van der Waals surface area contributed by atoms with Crippen LogP contribution in [0.5, 0.6) is 0 Å². The van der Waals surface area contributed by atoms with Gasteiger partial charge in [-0.15, -0.1) is 11.3 Å². The molecule has 2 N–H and O–H groups in total. The predicted molar refractivity (Wildman–Crippen MR) is 81.0 cm³/mol. The highest BCUT2D eigenvalue weighted by Gasteiger charge is 2.05. The first-order valence-electron chi connectivity index (χ1n) is 6.63. The third-order valence-electron chi connectivity index (χ3n) is 2.47. The Morgan fingerprint density at radius 2 is 2.00 bits per heavy atom. The molecule has 0 saturated carbocycles. The number of rotatable bonds is 8. The molecule has 0 aromatic carbocycles. The van der Waals surface area contributed by atoms with Crippen LogP contribution in [0.3, 0.4) is 0 Å². The highest BCUT2D eigenvalue weighted by atomic mass is 32.1. The number of anilines is 2. The average Bonchev–Trinajstić information content (AvgIpc) is 2.96. The Kier molecular flexibility index (Phi) is 5.69. The molecule has 0 aliphatic rings. The van der Waals surface area contributed by atoms with Crippen LogP contribution in [0.25, 0.3) is 0 Å². The molecule has 2 aromatic heterocycles. The number of ether oxygens (including phenoxy) is 1. The lowest BCUT2D eigenvalue weighted by molar-refractivity contribution is 0.128. The van der Waals surface area contributed by atoms with Crippen LogP contribution in [0.15, 0.2) is 17.6 Å². The largest absolute Gasteiger partial charge is 0.374 e. The van der Waals surface area contributed by atoms with Crippen molar-refractivity contribution in [2.24, 2.45) is 0 Å². The SMILES string of the molecule is CCNc1cc(NCc2nccs2)nc(COCC)n1. The van der Waals surface area contributed by atoms with E-state index in [4.69, 9.17) is 4.74 Å². The quantitative estimate of drug-likeness (QED) is 0.779. The predicted octanol–water partition coefficient (Wildman–Crippen LogP) is 2.51. The molecule has 0 bridgehead atoms. The normalized spacial score (nSPS) is 10.5. The minimum absolute atomic E-state index is 0.418. The summed E-state index contributed by atoms with van der Waals surface area (Å²) in [5, 5.41) is 9.45. The van der Waals surface area contributed by atoms with E-state index in [0.29, 0.717) is 25.6 Å². The molecule has 0 atom stereocenters. The average molecular weight is 293 g/mol. The number of nitrogens with zero attached hydrogens (tertiary/aromatic N) is 3. The molecular weight excluding hydrogens is 274 g/mol. The van der Waals surface area contributed by atoms with Gasteiger partial charge in [0.25, 0.3) is 0 Å². The summed E-state index contributed by atoms with van der Waals surface area (Å²) in [7, 11) is 0. The van der Waals surface area contributed by atoms with Gasteiger partial charge in [-0.2, -0.15) is 0 Å². The lowest BCUT2D eigenvalue weighted by atomic mass is 10.4. The van der Waals surface area contributed by atoms with E-state index in [2.05, 4.69) is 25.6 Å². The van der Waals surface area contributed by atoms with Gasteiger partial charge in [-0.25, -0.2) is 15.0 Å². The topological polar surface area (TPSA) is 72.0 Å². The molecule has 0 unspecified atom stereocenters. The summed E-state index contributed by atoms with van der Waals surface area (Å²) in [6.07, 6.45) is 1.80. The number of hydrogen-bond donors (Lipinski definition) is 2. The lowest BCUT2D eigenvalue weighted by Gasteiger charge is -2.10. The Balaban J connectivity index is 2.06. The molecule has 7 heteroatoms. The highest BCUT2D eigenvalue weighted by Crippen LogP contribution is 2.14. The third kappa shape index (κ3) is 4.43. The molecule has 0 saturated heterocycles. The highest BCUT2D eigenvalue weighted by molar-refractivity contribution is 7.09. The minimum atomic E-state index is 0.418. The molecule has 2 rings (SSSR count). The van der Waals surface area contributed by atoms with E-state index in [-0.39, 0.29) is 0 Å². The van der Waals surface area contributed by atoms with E-state index in [1.54, 1.807) is 17.5 Å². The van der Waals surface area contributed by atoms with Gasteiger partial charge in [-0.1, -0.05) is 0 Å². The van der Waals surface area contributed by atoms with E-state index in [1.807, 2.05) is 25.3 Å². The van der Waals surface area contributed by atoms with Crippen LogP contribution in [0.4, 0.5) is 11.6 Å². The van der Waals surface area contributed by atoms with Gasteiger partial charge < -0.3 is 15.4 Å². The zero-order valence-corrected chi connectivity index (χ0v) is 12.5.